The first-order valence-corrected chi connectivity index (χ1v) is 16.9. The van der Waals surface area contributed by atoms with Crippen LogP contribution >= 0.6 is 0 Å². The van der Waals surface area contributed by atoms with Gasteiger partial charge in [-0.05, 0) is 68.0 Å². The van der Waals surface area contributed by atoms with Crippen LogP contribution in [0.1, 0.15) is 78.2 Å². The zero-order valence-electron chi connectivity index (χ0n) is 31.4. The van der Waals surface area contributed by atoms with E-state index in [2.05, 4.69) is 56.5 Å². The number of carbonyl (C=O) groups is 1. The zero-order valence-corrected chi connectivity index (χ0v) is 31.4. The summed E-state index contributed by atoms with van der Waals surface area (Å²) in [5, 5.41) is 10.2. The Labute approximate surface area is 297 Å². The van der Waals surface area contributed by atoms with Gasteiger partial charge in [0, 0.05) is 74.2 Å². The molecule has 0 bridgehead atoms. The smallest absolute Gasteiger partial charge is 0.330 e. The van der Waals surface area contributed by atoms with Gasteiger partial charge >= 0.3 is 11.4 Å². The Morgan fingerprint density at radius 1 is 0.667 bits per heavy atom. The fraction of sp³-hybridized carbons (Fsp3) is 0.410. The highest BCUT2D eigenvalue weighted by atomic mass is 16.3. The van der Waals surface area contributed by atoms with Crippen LogP contribution in [0, 0.1) is 10.8 Å². The molecule has 51 heavy (non-hydrogen) atoms. The number of pyridine rings is 4. The molecule has 0 atom stereocenters. The lowest BCUT2D eigenvalue weighted by Gasteiger charge is -2.18. The Morgan fingerprint density at radius 3 is 1.51 bits per heavy atom. The van der Waals surface area contributed by atoms with Gasteiger partial charge in [0.05, 0.1) is 28.0 Å². The lowest BCUT2D eigenvalue weighted by Crippen LogP contribution is -2.27. The molecule has 12 nitrogen and oxygen atoms in total. The minimum Gasteiger partial charge on any atom is -0.386 e. The Bertz CT molecular complexity index is 2370. The Kier molecular flexibility index (Phi) is 9.79. The predicted molar refractivity (Wildman–Crippen MR) is 201 cm³/mol. The van der Waals surface area contributed by atoms with Crippen molar-refractivity contribution in [1.29, 1.82) is 0 Å². The minimum absolute atomic E-state index is 0.0122. The number of fused-ring (bicyclic) bond motifs is 2. The third kappa shape index (κ3) is 8.06. The quantitative estimate of drug-likeness (QED) is 0.206. The summed E-state index contributed by atoms with van der Waals surface area (Å²) in [6, 6.07) is 11.2. The van der Waals surface area contributed by atoms with E-state index >= 15 is 0 Å². The van der Waals surface area contributed by atoms with Gasteiger partial charge in [-0.25, -0.2) is 19.6 Å². The normalized spacial score (nSPS) is 12.3. The van der Waals surface area contributed by atoms with E-state index in [9.17, 15) is 19.5 Å². The summed E-state index contributed by atoms with van der Waals surface area (Å²) in [5.41, 5.74) is 5.98. The van der Waals surface area contributed by atoms with E-state index in [0.29, 0.717) is 35.6 Å². The maximum Gasteiger partial charge on any atom is 0.330 e. The van der Waals surface area contributed by atoms with Crippen molar-refractivity contribution in [2.24, 2.45) is 24.9 Å². The molecule has 0 unspecified atom stereocenters. The summed E-state index contributed by atoms with van der Waals surface area (Å²) in [6.45, 7) is 18.8. The maximum absolute atomic E-state index is 12.6. The van der Waals surface area contributed by atoms with E-state index in [1.165, 1.54) is 6.92 Å². The van der Waals surface area contributed by atoms with Crippen molar-refractivity contribution in [3.05, 3.63) is 93.3 Å². The summed E-state index contributed by atoms with van der Waals surface area (Å²) < 4.78 is 6.68. The van der Waals surface area contributed by atoms with Gasteiger partial charge in [0.1, 0.15) is 0 Å². The van der Waals surface area contributed by atoms with Crippen LogP contribution in [-0.4, -0.2) is 49.1 Å². The number of aromatic nitrogens is 8. The molecule has 268 valence electrons. The van der Waals surface area contributed by atoms with Gasteiger partial charge in [0.25, 0.3) is 0 Å². The number of carbonyl (C=O) groups excluding carboxylic acids is 1. The van der Waals surface area contributed by atoms with Crippen LogP contribution in [0.2, 0.25) is 0 Å². The fourth-order valence-corrected chi connectivity index (χ4v) is 5.81. The number of aliphatic hydroxyl groups is 1. The maximum atomic E-state index is 12.6. The number of ketones is 1. The predicted octanol–water partition coefficient (Wildman–Crippen LogP) is 6.12. The topological polar surface area (TPSA) is 143 Å². The van der Waals surface area contributed by atoms with Gasteiger partial charge in [-0.15, -0.1) is 0 Å². The molecule has 0 fully saturated rings. The van der Waals surface area contributed by atoms with Crippen molar-refractivity contribution in [2.75, 3.05) is 0 Å². The molecule has 0 aliphatic rings. The molecule has 0 spiro atoms. The highest BCUT2D eigenvalue weighted by Crippen LogP contribution is 2.27. The molecule has 6 aromatic rings. The highest BCUT2D eigenvalue weighted by molar-refractivity contribution is 5.94. The van der Waals surface area contributed by atoms with Gasteiger partial charge in [0.15, 0.2) is 17.1 Å². The van der Waals surface area contributed by atoms with Crippen LogP contribution in [-0.2, 0) is 32.8 Å². The van der Waals surface area contributed by atoms with Crippen molar-refractivity contribution >= 4 is 28.1 Å². The Hall–Kier alpha value is -5.23. The molecule has 0 saturated heterocycles. The first-order chi connectivity index (χ1) is 23.6. The third-order valence-electron chi connectivity index (χ3n) is 8.41. The van der Waals surface area contributed by atoms with Gasteiger partial charge in [-0.2, -0.15) is 0 Å². The van der Waals surface area contributed by atoms with Crippen LogP contribution in [0.25, 0.3) is 44.8 Å². The molecule has 0 amide bonds. The van der Waals surface area contributed by atoms with Crippen LogP contribution in [0.3, 0.4) is 0 Å². The van der Waals surface area contributed by atoms with Gasteiger partial charge in [-0.3, -0.25) is 33.0 Å². The second-order valence-corrected chi connectivity index (χ2v) is 16.1. The molecule has 12 heteroatoms. The second kappa shape index (κ2) is 13.5. The van der Waals surface area contributed by atoms with Crippen LogP contribution in [0.15, 0.2) is 70.8 Å². The summed E-state index contributed by atoms with van der Waals surface area (Å²) in [4.78, 5) is 54.5. The van der Waals surface area contributed by atoms with Gasteiger partial charge in [0.2, 0.25) is 0 Å². The van der Waals surface area contributed by atoms with Crippen LogP contribution < -0.4 is 11.4 Å². The number of hydrogen-bond acceptors (Lipinski definition) is 8. The van der Waals surface area contributed by atoms with E-state index < -0.39 is 5.60 Å². The van der Waals surface area contributed by atoms with Crippen molar-refractivity contribution in [1.82, 2.24) is 38.2 Å². The summed E-state index contributed by atoms with van der Waals surface area (Å²) in [6.07, 6.45) is 6.58. The SMILES string of the molecule is CC(=O)c1cncc(-c2ccc3c(n2)n(C)c(=O)n3CC(C)(C)C)c1.Cn1c(=O)n(CC(C)(C)C)c2ccc(-c3cncc(C(C)(C)O)c3)nc21. The van der Waals surface area contributed by atoms with Crippen LogP contribution in [0.5, 0.6) is 0 Å². The van der Waals surface area contributed by atoms with Crippen molar-refractivity contribution in [3.63, 3.8) is 0 Å². The van der Waals surface area contributed by atoms with E-state index in [4.69, 9.17) is 4.98 Å². The summed E-state index contributed by atoms with van der Waals surface area (Å²) >= 11 is 0. The first-order valence-electron chi connectivity index (χ1n) is 16.9. The van der Waals surface area contributed by atoms with E-state index in [0.717, 1.165) is 33.4 Å². The lowest BCUT2D eigenvalue weighted by atomic mass is 9.97. The molecule has 1 N–H and O–H groups in total. The number of hydrogen-bond donors (Lipinski definition) is 1. The number of nitrogens with zero attached hydrogens (tertiary/aromatic N) is 8. The molecule has 0 radical (unpaired) electrons. The molecule has 6 heterocycles. The summed E-state index contributed by atoms with van der Waals surface area (Å²) in [7, 11) is 3.47. The molecule has 0 aliphatic heterocycles. The Balaban J connectivity index is 0.000000198. The number of imidazole rings is 2. The number of aryl methyl sites for hydroxylation is 2. The third-order valence-corrected chi connectivity index (χ3v) is 8.41. The van der Waals surface area contributed by atoms with E-state index in [-0.39, 0.29) is 28.0 Å². The van der Waals surface area contributed by atoms with E-state index in [1.807, 2.05) is 30.3 Å². The minimum atomic E-state index is -0.976. The van der Waals surface area contributed by atoms with Crippen molar-refractivity contribution < 1.29 is 9.90 Å². The molecular weight excluding hydrogens is 644 g/mol. The van der Waals surface area contributed by atoms with Crippen LogP contribution in [0.4, 0.5) is 0 Å². The van der Waals surface area contributed by atoms with E-state index in [1.54, 1.807) is 77.1 Å². The average Bonchev–Trinajstić information content (AvgIpc) is 3.42. The molecule has 6 aromatic heterocycles. The monoisotopic (exact) mass is 692 g/mol. The lowest BCUT2D eigenvalue weighted by molar-refractivity contribution is 0.0782. The summed E-state index contributed by atoms with van der Waals surface area (Å²) in [5.74, 6) is -0.0424. The molecular formula is C39H48N8O4. The fourth-order valence-electron chi connectivity index (χ4n) is 5.81. The average molecular weight is 693 g/mol. The number of rotatable bonds is 6. The van der Waals surface area contributed by atoms with Gasteiger partial charge < -0.3 is 5.11 Å². The number of Topliss-reactive ketones (excluding diaryl/α,β-unsaturated/α-hetero) is 1. The molecule has 0 aliphatic carbocycles. The zero-order chi connectivity index (χ0) is 37.6. The van der Waals surface area contributed by atoms with Crippen molar-refractivity contribution in [2.45, 2.75) is 81.0 Å². The standard InChI is InChI=1S/C20H26N4O2.C19H22N4O2/c1-19(2,3)12-24-16-8-7-15(22-17(16)23(6)18(24)25)13-9-14(11-21-10-13)20(4,5)26;1-12(24)13-8-14(10-20-9-13)15-6-7-16-17(21-15)22(5)18(25)23(16)11-19(2,3)4/h7-11,26H,12H2,1-6H3;6-10H,11H2,1-5H3. The van der Waals surface area contributed by atoms with Crippen molar-refractivity contribution in [3.8, 4) is 22.5 Å². The highest BCUT2D eigenvalue weighted by Gasteiger charge is 2.21. The van der Waals surface area contributed by atoms with Gasteiger partial charge in [-0.1, -0.05) is 41.5 Å². The molecule has 0 aromatic carbocycles. The molecule has 6 rings (SSSR count). The second-order valence-electron chi connectivity index (χ2n) is 16.1. The largest absolute Gasteiger partial charge is 0.386 e. The Morgan fingerprint density at radius 2 is 1.10 bits per heavy atom. The molecule has 0 saturated carbocycles. The first kappa shape index (κ1) is 37.0.